The Morgan fingerprint density at radius 3 is 2.44 bits per heavy atom. The van der Waals surface area contributed by atoms with Crippen LogP contribution in [0.3, 0.4) is 0 Å². The van der Waals surface area contributed by atoms with Crippen LogP contribution in [0, 0.1) is 0 Å². The minimum Gasteiger partial charge on any atom is -0.341 e. The number of nitrogens with zero attached hydrogens (tertiary/aromatic N) is 2. The summed E-state index contributed by atoms with van der Waals surface area (Å²) in [6.07, 6.45) is 1.96. The molecule has 0 aliphatic carbocycles. The lowest BCUT2D eigenvalue weighted by Crippen LogP contribution is -2.43. The summed E-state index contributed by atoms with van der Waals surface area (Å²) in [6.45, 7) is 5.50. The molecule has 0 radical (unpaired) electrons. The predicted octanol–water partition coefficient (Wildman–Crippen LogP) is 3.61. The predicted molar refractivity (Wildman–Crippen MR) is 106 cm³/mol. The average Bonchev–Trinajstić information content (AvgIpc) is 3.19. The summed E-state index contributed by atoms with van der Waals surface area (Å²) in [4.78, 5) is 14.8. The molecule has 27 heavy (non-hydrogen) atoms. The van der Waals surface area contributed by atoms with Crippen molar-refractivity contribution in [3.8, 4) is 11.1 Å². The summed E-state index contributed by atoms with van der Waals surface area (Å²) >= 11 is 0. The van der Waals surface area contributed by atoms with Crippen LogP contribution < -0.4 is 4.31 Å². The van der Waals surface area contributed by atoms with Crippen molar-refractivity contribution in [2.24, 2.45) is 0 Å². The van der Waals surface area contributed by atoms with Crippen molar-refractivity contribution in [3.05, 3.63) is 48.0 Å². The molecule has 0 unspecified atom stereocenters. The highest BCUT2D eigenvalue weighted by Gasteiger charge is 2.37. The average molecular weight is 385 g/mol. The van der Waals surface area contributed by atoms with Crippen molar-refractivity contribution >= 4 is 21.6 Å². The fraction of sp³-hybridized carbons (Fsp3) is 0.381. The van der Waals surface area contributed by atoms with E-state index in [4.69, 9.17) is 0 Å². The molecule has 2 aromatic rings. The number of carbonyl (C=O) groups is 1. The first-order chi connectivity index (χ1) is 12.9. The Hall–Kier alpha value is -2.34. The Labute approximate surface area is 160 Å². The van der Waals surface area contributed by atoms with Crippen LogP contribution in [0.15, 0.2) is 47.4 Å². The summed E-state index contributed by atoms with van der Waals surface area (Å²) in [6, 6.07) is 12.9. The first-order valence-electron chi connectivity index (χ1n) is 9.43. The Balaban J connectivity index is 1.84. The third-order valence-electron chi connectivity index (χ3n) is 5.44. The molecule has 5 nitrogen and oxygen atoms in total. The van der Waals surface area contributed by atoms with Gasteiger partial charge in [0.05, 0.1) is 10.6 Å². The first-order valence-corrected chi connectivity index (χ1v) is 10.9. The van der Waals surface area contributed by atoms with Crippen LogP contribution >= 0.6 is 0 Å². The number of sulfonamides is 1. The third-order valence-corrected chi connectivity index (χ3v) is 7.26. The summed E-state index contributed by atoms with van der Waals surface area (Å²) in [5.74, 6) is 0.204. The fourth-order valence-electron chi connectivity index (χ4n) is 3.87. The van der Waals surface area contributed by atoms with E-state index in [0.29, 0.717) is 30.3 Å². The van der Waals surface area contributed by atoms with Crippen LogP contribution in [0.2, 0.25) is 0 Å². The molecule has 2 heterocycles. The number of hydrogen-bond donors (Lipinski definition) is 0. The zero-order chi connectivity index (χ0) is 19.2. The number of likely N-dealkylation sites (tertiary alicyclic amines) is 1. The summed E-state index contributed by atoms with van der Waals surface area (Å²) in [5, 5.41) is 0. The van der Waals surface area contributed by atoms with Gasteiger partial charge in [-0.15, -0.1) is 0 Å². The van der Waals surface area contributed by atoms with Crippen molar-refractivity contribution in [1.29, 1.82) is 0 Å². The van der Waals surface area contributed by atoms with E-state index in [1.54, 1.807) is 17.0 Å². The van der Waals surface area contributed by atoms with Gasteiger partial charge in [0, 0.05) is 24.2 Å². The summed E-state index contributed by atoms with van der Waals surface area (Å²) in [7, 11) is -3.77. The van der Waals surface area contributed by atoms with Gasteiger partial charge in [0.15, 0.2) is 0 Å². The van der Waals surface area contributed by atoms with Gasteiger partial charge in [-0.1, -0.05) is 38.1 Å². The monoisotopic (exact) mass is 384 g/mol. The molecular weight excluding hydrogens is 360 g/mol. The van der Waals surface area contributed by atoms with Crippen LogP contribution in [0.1, 0.15) is 38.2 Å². The maximum absolute atomic E-state index is 13.3. The van der Waals surface area contributed by atoms with Gasteiger partial charge in [-0.05, 0) is 42.5 Å². The Bertz CT molecular complexity index is 992. The number of hydrogen-bond acceptors (Lipinski definition) is 3. The Morgan fingerprint density at radius 1 is 1.04 bits per heavy atom. The minimum absolute atomic E-state index is 0.130. The number of amides is 1. The lowest BCUT2D eigenvalue weighted by molar-refractivity contribution is -0.128. The van der Waals surface area contributed by atoms with Crippen molar-refractivity contribution in [1.82, 2.24) is 4.90 Å². The lowest BCUT2D eigenvalue weighted by Gasteiger charge is -2.33. The number of fused-ring (bicyclic) bond motifs is 3. The fourth-order valence-corrected chi connectivity index (χ4v) is 5.51. The highest BCUT2D eigenvalue weighted by atomic mass is 32.2. The van der Waals surface area contributed by atoms with Crippen LogP contribution in [0.25, 0.3) is 11.1 Å². The van der Waals surface area contributed by atoms with Gasteiger partial charge in [-0.25, -0.2) is 8.42 Å². The second kappa shape index (κ2) is 6.68. The molecule has 1 saturated heterocycles. The summed E-state index contributed by atoms with van der Waals surface area (Å²) in [5.41, 5.74) is 3.32. The molecule has 4 rings (SSSR count). The van der Waals surface area contributed by atoms with E-state index >= 15 is 0 Å². The van der Waals surface area contributed by atoms with Gasteiger partial charge < -0.3 is 4.90 Å². The molecule has 0 spiro atoms. The molecule has 0 saturated carbocycles. The SMILES string of the molecule is CC(C)c1ccc2c(c1)-c1ccccc1S(=O)(=O)N2CC(=O)N1CCCC1. The van der Waals surface area contributed by atoms with E-state index in [1.807, 2.05) is 24.3 Å². The van der Waals surface area contributed by atoms with Gasteiger partial charge in [-0.2, -0.15) is 0 Å². The van der Waals surface area contributed by atoms with Gasteiger partial charge >= 0.3 is 0 Å². The third kappa shape index (κ3) is 3.02. The smallest absolute Gasteiger partial charge is 0.265 e. The normalized spacial score (nSPS) is 17.7. The van der Waals surface area contributed by atoms with Crippen molar-refractivity contribution in [2.75, 3.05) is 23.9 Å². The molecule has 0 N–H and O–H groups in total. The molecule has 2 aliphatic rings. The minimum atomic E-state index is -3.77. The molecule has 1 fully saturated rings. The van der Waals surface area contributed by atoms with E-state index in [1.165, 1.54) is 4.31 Å². The molecule has 2 aliphatic heterocycles. The second-order valence-electron chi connectivity index (χ2n) is 7.53. The zero-order valence-electron chi connectivity index (χ0n) is 15.7. The molecule has 1 amide bonds. The number of anilines is 1. The molecule has 0 atom stereocenters. The van der Waals surface area contributed by atoms with E-state index < -0.39 is 10.0 Å². The highest BCUT2D eigenvalue weighted by Crippen LogP contribution is 2.44. The van der Waals surface area contributed by atoms with Gasteiger partial charge in [-0.3, -0.25) is 9.10 Å². The zero-order valence-corrected chi connectivity index (χ0v) is 16.5. The molecule has 142 valence electrons. The van der Waals surface area contributed by atoms with Gasteiger partial charge in [0.1, 0.15) is 6.54 Å². The van der Waals surface area contributed by atoms with Crippen molar-refractivity contribution < 1.29 is 13.2 Å². The maximum atomic E-state index is 13.3. The van der Waals surface area contributed by atoms with Crippen molar-refractivity contribution in [2.45, 2.75) is 37.5 Å². The van der Waals surface area contributed by atoms with Crippen LogP contribution in [0.5, 0.6) is 0 Å². The Morgan fingerprint density at radius 2 is 1.74 bits per heavy atom. The van der Waals surface area contributed by atoms with E-state index in [-0.39, 0.29) is 17.3 Å². The van der Waals surface area contributed by atoms with E-state index in [2.05, 4.69) is 19.9 Å². The van der Waals surface area contributed by atoms with Crippen LogP contribution in [0.4, 0.5) is 5.69 Å². The molecule has 0 bridgehead atoms. The van der Waals surface area contributed by atoms with Crippen LogP contribution in [-0.2, 0) is 14.8 Å². The second-order valence-corrected chi connectivity index (χ2v) is 9.36. The topological polar surface area (TPSA) is 57.7 Å². The number of rotatable bonds is 3. The molecule has 2 aromatic carbocycles. The number of carbonyl (C=O) groups excluding carboxylic acids is 1. The largest absolute Gasteiger partial charge is 0.341 e. The number of benzene rings is 2. The van der Waals surface area contributed by atoms with E-state index in [9.17, 15) is 13.2 Å². The summed E-state index contributed by atoms with van der Waals surface area (Å²) < 4.78 is 27.9. The van der Waals surface area contributed by atoms with E-state index in [0.717, 1.165) is 24.0 Å². The molecule has 6 heteroatoms. The standard InChI is InChI=1S/C21H24N2O3S/c1-15(2)16-9-10-19-18(13-16)17-7-3-4-8-20(17)27(25,26)23(19)14-21(24)22-11-5-6-12-22/h3-4,7-10,13,15H,5-6,11-12,14H2,1-2H3. The maximum Gasteiger partial charge on any atom is 0.265 e. The van der Waals surface area contributed by atoms with Gasteiger partial charge in [0.2, 0.25) is 5.91 Å². The van der Waals surface area contributed by atoms with Gasteiger partial charge in [0.25, 0.3) is 10.0 Å². The quantitative estimate of drug-likeness (QED) is 0.812. The Kier molecular flexibility index (Phi) is 4.46. The molecule has 0 aromatic heterocycles. The molecular formula is C21H24N2O3S. The van der Waals surface area contributed by atoms with Crippen molar-refractivity contribution in [3.63, 3.8) is 0 Å². The lowest BCUT2D eigenvalue weighted by atomic mass is 9.95. The first kappa shape index (κ1) is 18.0. The van der Waals surface area contributed by atoms with Crippen LogP contribution in [-0.4, -0.2) is 38.9 Å². The highest BCUT2D eigenvalue weighted by molar-refractivity contribution is 7.93.